The lowest BCUT2D eigenvalue weighted by atomic mass is 10.1. The Bertz CT molecular complexity index is 512. The van der Waals surface area contributed by atoms with E-state index in [1.54, 1.807) is 12.1 Å². The second-order valence-electron chi connectivity index (χ2n) is 4.55. The summed E-state index contributed by atoms with van der Waals surface area (Å²) in [5, 5.41) is 16.7. The summed E-state index contributed by atoms with van der Waals surface area (Å²) >= 11 is 0. The van der Waals surface area contributed by atoms with E-state index in [9.17, 15) is 14.9 Å². The van der Waals surface area contributed by atoms with Crippen LogP contribution >= 0.6 is 0 Å². The highest BCUT2D eigenvalue weighted by Gasteiger charge is 2.21. The predicted octanol–water partition coefficient (Wildman–Crippen LogP) is 1.55. The summed E-state index contributed by atoms with van der Waals surface area (Å²) < 4.78 is 5.17. The van der Waals surface area contributed by atoms with E-state index < -0.39 is 4.92 Å². The minimum Gasteiger partial charge on any atom is -0.380 e. The molecular formula is C13H17N3O4. The lowest BCUT2D eigenvalue weighted by Crippen LogP contribution is -2.35. The summed E-state index contributed by atoms with van der Waals surface area (Å²) in [6, 6.07) is 4.41. The Hall–Kier alpha value is -2.15. The van der Waals surface area contributed by atoms with Crippen molar-refractivity contribution in [2.75, 3.05) is 25.1 Å². The van der Waals surface area contributed by atoms with Gasteiger partial charge in [-0.15, -0.1) is 0 Å². The molecule has 1 amide bonds. The molecule has 1 fully saturated rings. The smallest absolute Gasteiger partial charge is 0.293 e. The third-order valence-electron chi connectivity index (χ3n) is 3.09. The zero-order valence-electron chi connectivity index (χ0n) is 11.2. The van der Waals surface area contributed by atoms with Crippen LogP contribution in [0, 0.1) is 10.1 Å². The van der Waals surface area contributed by atoms with Crippen molar-refractivity contribution in [3.63, 3.8) is 0 Å². The van der Waals surface area contributed by atoms with Gasteiger partial charge in [-0.3, -0.25) is 14.9 Å². The van der Waals surface area contributed by atoms with E-state index in [4.69, 9.17) is 4.74 Å². The zero-order chi connectivity index (χ0) is 14.5. The van der Waals surface area contributed by atoms with E-state index in [2.05, 4.69) is 10.6 Å². The van der Waals surface area contributed by atoms with Gasteiger partial charge in [0.25, 0.3) is 11.6 Å². The Morgan fingerprint density at radius 1 is 1.55 bits per heavy atom. The van der Waals surface area contributed by atoms with E-state index in [1.807, 2.05) is 6.92 Å². The monoisotopic (exact) mass is 279 g/mol. The maximum atomic E-state index is 12.0. The fourth-order valence-electron chi connectivity index (χ4n) is 2.08. The van der Waals surface area contributed by atoms with Gasteiger partial charge >= 0.3 is 0 Å². The highest BCUT2D eigenvalue weighted by atomic mass is 16.6. The number of rotatable bonds is 5. The molecule has 0 radical (unpaired) electrons. The number of carbonyl (C=O) groups is 1. The van der Waals surface area contributed by atoms with Crippen LogP contribution in [0.5, 0.6) is 0 Å². The Labute approximate surface area is 116 Å². The molecule has 7 nitrogen and oxygen atoms in total. The molecule has 1 unspecified atom stereocenters. The third kappa shape index (κ3) is 3.24. The van der Waals surface area contributed by atoms with Crippen molar-refractivity contribution in [2.24, 2.45) is 0 Å². The van der Waals surface area contributed by atoms with Gasteiger partial charge in [0.15, 0.2) is 0 Å². The van der Waals surface area contributed by atoms with Crippen LogP contribution in [0.25, 0.3) is 0 Å². The number of hydrogen-bond acceptors (Lipinski definition) is 5. The third-order valence-corrected chi connectivity index (χ3v) is 3.09. The number of nitrogens with zero attached hydrogens (tertiary/aromatic N) is 1. The largest absolute Gasteiger partial charge is 0.380 e. The first-order chi connectivity index (χ1) is 9.61. The molecule has 0 saturated carbocycles. The molecule has 1 heterocycles. The lowest BCUT2D eigenvalue weighted by molar-refractivity contribution is -0.384. The second-order valence-corrected chi connectivity index (χ2v) is 4.55. The Morgan fingerprint density at radius 3 is 2.95 bits per heavy atom. The maximum Gasteiger partial charge on any atom is 0.293 e. The van der Waals surface area contributed by atoms with Gasteiger partial charge in [-0.25, -0.2) is 0 Å². The zero-order valence-corrected chi connectivity index (χ0v) is 11.2. The molecule has 1 atom stereocenters. The van der Waals surface area contributed by atoms with Crippen molar-refractivity contribution in [1.82, 2.24) is 5.32 Å². The quantitative estimate of drug-likeness (QED) is 0.630. The number of amides is 1. The first-order valence-corrected chi connectivity index (χ1v) is 6.52. The fourth-order valence-corrected chi connectivity index (χ4v) is 2.08. The lowest BCUT2D eigenvalue weighted by Gasteiger charge is -2.11. The SMILES string of the molecule is CCNc1ccc(C(=O)NC2CCOC2)cc1[N+](=O)[O-]. The van der Waals surface area contributed by atoms with Crippen LogP contribution in [0.1, 0.15) is 23.7 Å². The van der Waals surface area contributed by atoms with Crippen LogP contribution < -0.4 is 10.6 Å². The summed E-state index contributed by atoms with van der Waals surface area (Å²) in [5.41, 5.74) is 0.602. The molecule has 1 aromatic carbocycles. The number of benzene rings is 1. The number of ether oxygens (including phenoxy) is 1. The Balaban J connectivity index is 2.16. The van der Waals surface area contributed by atoms with Gasteiger partial charge in [0.2, 0.25) is 0 Å². The predicted molar refractivity (Wildman–Crippen MR) is 74.0 cm³/mol. The number of nitro groups is 1. The van der Waals surface area contributed by atoms with Gasteiger partial charge in [-0.1, -0.05) is 0 Å². The molecule has 0 aromatic heterocycles. The minimum absolute atomic E-state index is 0.0185. The molecule has 2 N–H and O–H groups in total. The first-order valence-electron chi connectivity index (χ1n) is 6.52. The molecule has 1 aliphatic heterocycles. The van der Waals surface area contributed by atoms with Gasteiger partial charge in [0.1, 0.15) is 5.69 Å². The van der Waals surface area contributed by atoms with Crippen molar-refractivity contribution < 1.29 is 14.5 Å². The molecule has 7 heteroatoms. The molecule has 0 bridgehead atoms. The van der Waals surface area contributed by atoms with Crippen LogP contribution in [-0.4, -0.2) is 36.6 Å². The van der Waals surface area contributed by atoms with E-state index in [-0.39, 0.29) is 23.2 Å². The molecule has 2 rings (SSSR count). The van der Waals surface area contributed by atoms with Gasteiger partial charge in [-0.05, 0) is 25.5 Å². The van der Waals surface area contributed by atoms with Crippen LogP contribution in [0.15, 0.2) is 18.2 Å². The van der Waals surface area contributed by atoms with Crippen molar-refractivity contribution in [3.05, 3.63) is 33.9 Å². The highest BCUT2D eigenvalue weighted by Crippen LogP contribution is 2.25. The fraction of sp³-hybridized carbons (Fsp3) is 0.462. The summed E-state index contributed by atoms with van der Waals surface area (Å²) in [4.78, 5) is 22.6. The molecule has 20 heavy (non-hydrogen) atoms. The number of nitrogens with one attached hydrogen (secondary N) is 2. The van der Waals surface area contributed by atoms with Gasteiger partial charge < -0.3 is 15.4 Å². The van der Waals surface area contributed by atoms with Gasteiger partial charge in [0.05, 0.1) is 17.6 Å². The average molecular weight is 279 g/mol. The number of anilines is 1. The topological polar surface area (TPSA) is 93.5 Å². The number of carbonyl (C=O) groups excluding carboxylic acids is 1. The standard InChI is InChI=1S/C13H17N3O4/c1-2-14-11-4-3-9(7-12(11)16(18)19)13(17)15-10-5-6-20-8-10/h3-4,7,10,14H,2,5-6,8H2,1H3,(H,15,17). The summed E-state index contributed by atoms with van der Waals surface area (Å²) in [5.74, 6) is -0.313. The first kappa shape index (κ1) is 14.3. The molecular weight excluding hydrogens is 262 g/mol. The number of nitro benzene ring substituents is 1. The summed E-state index contributed by atoms with van der Waals surface area (Å²) in [6.07, 6.45) is 0.767. The Morgan fingerprint density at radius 2 is 2.35 bits per heavy atom. The Kier molecular flexibility index (Phi) is 4.52. The highest BCUT2D eigenvalue weighted by molar-refractivity contribution is 5.96. The van der Waals surface area contributed by atoms with E-state index >= 15 is 0 Å². The molecule has 1 aliphatic rings. The van der Waals surface area contributed by atoms with E-state index in [0.29, 0.717) is 25.4 Å². The van der Waals surface area contributed by atoms with Gasteiger partial charge in [-0.2, -0.15) is 0 Å². The van der Waals surface area contributed by atoms with Gasteiger partial charge in [0, 0.05) is 24.8 Å². The maximum absolute atomic E-state index is 12.0. The minimum atomic E-state index is -0.493. The molecule has 0 aliphatic carbocycles. The second kappa shape index (κ2) is 6.33. The van der Waals surface area contributed by atoms with Crippen LogP contribution in [-0.2, 0) is 4.74 Å². The summed E-state index contributed by atoms with van der Waals surface area (Å²) in [6.45, 7) is 3.55. The molecule has 1 saturated heterocycles. The van der Waals surface area contributed by atoms with Crippen molar-refractivity contribution in [1.29, 1.82) is 0 Å². The van der Waals surface area contributed by atoms with Crippen molar-refractivity contribution >= 4 is 17.3 Å². The normalized spacial score (nSPS) is 17.8. The van der Waals surface area contributed by atoms with E-state index in [0.717, 1.165) is 6.42 Å². The van der Waals surface area contributed by atoms with E-state index in [1.165, 1.54) is 6.07 Å². The number of hydrogen-bond donors (Lipinski definition) is 2. The molecule has 108 valence electrons. The van der Waals surface area contributed by atoms with Crippen LogP contribution in [0.3, 0.4) is 0 Å². The summed E-state index contributed by atoms with van der Waals surface area (Å²) in [7, 11) is 0. The van der Waals surface area contributed by atoms with Crippen LogP contribution in [0.4, 0.5) is 11.4 Å². The van der Waals surface area contributed by atoms with Crippen LogP contribution in [0.2, 0.25) is 0 Å². The molecule has 1 aromatic rings. The average Bonchev–Trinajstić information content (AvgIpc) is 2.92. The molecule has 0 spiro atoms. The van der Waals surface area contributed by atoms with Crippen molar-refractivity contribution in [3.8, 4) is 0 Å². The van der Waals surface area contributed by atoms with Crippen molar-refractivity contribution in [2.45, 2.75) is 19.4 Å².